The molecule has 1 heterocycles. The van der Waals surface area contributed by atoms with Crippen LogP contribution in [-0.2, 0) is 13.1 Å². The van der Waals surface area contributed by atoms with Crippen molar-refractivity contribution in [3.63, 3.8) is 0 Å². The Balaban J connectivity index is 2.02. The average molecular weight is 332 g/mol. The number of carbonyl (C=O) groups is 1. The van der Waals surface area contributed by atoms with Gasteiger partial charge in [-0.3, -0.25) is 9.69 Å². The van der Waals surface area contributed by atoms with Crippen LogP contribution in [-0.4, -0.2) is 28.9 Å². The highest BCUT2D eigenvalue weighted by Gasteiger charge is 2.09. The first-order chi connectivity index (χ1) is 11.1. The van der Waals surface area contributed by atoms with Gasteiger partial charge in [-0.1, -0.05) is 49.7 Å². The molecule has 0 aliphatic rings. The molecule has 1 amide bonds. The number of rotatable bonds is 7. The molecule has 0 aliphatic carbocycles. The highest BCUT2D eigenvalue weighted by molar-refractivity contribution is 6.29. The lowest BCUT2D eigenvalue weighted by Crippen LogP contribution is -2.26. The van der Waals surface area contributed by atoms with Gasteiger partial charge in [-0.05, 0) is 36.3 Å². The molecule has 1 N–H and O–H groups in total. The van der Waals surface area contributed by atoms with E-state index < -0.39 is 0 Å². The van der Waals surface area contributed by atoms with E-state index in [4.69, 9.17) is 11.6 Å². The van der Waals surface area contributed by atoms with E-state index in [0.29, 0.717) is 17.3 Å². The third-order valence-electron chi connectivity index (χ3n) is 3.84. The molecule has 2 aromatic rings. The van der Waals surface area contributed by atoms with Gasteiger partial charge in [0.25, 0.3) is 5.91 Å². The van der Waals surface area contributed by atoms with Crippen molar-refractivity contribution >= 4 is 17.5 Å². The van der Waals surface area contributed by atoms with Crippen LogP contribution in [0.25, 0.3) is 0 Å². The predicted molar refractivity (Wildman–Crippen MR) is 93.5 cm³/mol. The lowest BCUT2D eigenvalue weighted by atomic mass is 10.1. The van der Waals surface area contributed by atoms with Gasteiger partial charge in [-0.2, -0.15) is 0 Å². The Kier molecular flexibility index (Phi) is 6.56. The van der Waals surface area contributed by atoms with Crippen molar-refractivity contribution in [2.24, 2.45) is 0 Å². The van der Waals surface area contributed by atoms with Crippen LogP contribution >= 0.6 is 11.6 Å². The van der Waals surface area contributed by atoms with Crippen LogP contribution in [0.15, 0.2) is 42.6 Å². The molecule has 1 aromatic carbocycles. The number of nitrogens with zero attached hydrogens (tertiary/aromatic N) is 2. The van der Waals surface area contributed by atoms with Crippen LogP contribution in [0.2, 0.25) is 5.15 Å². The maximum absolute atomic E-state index is 12.2. The van der Waals surface area contributed by atoms with Crippen LogP contribution in [0.5, 0.6) is 0 Å². The number of amides is 1. The summed E-state index contributed by atoms with van der Waals surface area (Å²) in [7, 11) is 0. The monoisotopic (exact) mass is 331 g/mol. The molecule has 0 bridgehead atoms. The van der Waals surface area contributed by atoms with Gasteiger partial charge in [0.15, 0.2) is 0 Å². The van der Waals surface area contributed by atoms with Crippen molar-refractivity contribution in [2.45, 2.75) is 26.9 Å². The van der Waals surface area contributed by atoms with Gasteiger partial charge in [-0.15, -0.1) is 0 Å². The van der Waals surface area contributed by atoms with Crippen molar-refractivity contribution in [3.8, 4) is 0 Å². The van der Waals surface area contributed by atoms with Crippen LogP contribution in [0, 0.1) is 0 Å². The largest absolute Gasteiger partial charge is 0.348 e. The first-order valence-corrected chi connectivity index (χ1v) is 8.20. The van der Waals surface area contributed by atoms with Crippen molar-refractivity contribution in [2.75, 3.05) is 13.1 Å². The molecule has 0 unspecified atom stereocenters. The van der Waals surface area contributed by atoms with Gasteiger partial charge >= 0.3 is 0 Å². The summed E-state index contributed by atoms with van der Waals surface area (Å²) in [5.41, 5.74) is 2.89. The van der Waals surface area contributed by atoms with Crippen LogP contribution in [0.4, 0.5) is 0 Å². The predicted octanol–water partition coefficient (Wildman–Crippen LogP) is 3.51. The summed E-state index contributed by atoms with van der Waals surface area (Å²) < 4.78 is 0. The second kappa shape index (κ2) is 8.65. The molecule has 4 nitrogen and oxygen atoms in total. The van der Waals surface area contributed by atoms with E-state index in [2.05, 4.69) is 41.2 Å². The van der Waals surface area contributed by atoms with Crippen molar-refractivity contribution in [1.29, 1.82) is 0 Å². The summed E-state index contributed by atoms with van der Waals surface area (Å²) in [6.07, 6.45) is 1.49. The number of hydrogen-bond acceptors (Lipinski definition) is 3. The number of carbonyl (C=O) groups excluding carboxylic acids is 1. The summed E-state index contributed by atoms with van der Waals surface area (Å²) in [5.74, 6) is -0.146. The fourth-order valence-corrected chi connectivity index (χ4v) is 2.47. The van der Waals surface area contributed by atoms with Crippen LogP contribution in [0.3, 0.4) is 0 Å². The summed E-state index contributed by atoms with van der Waals surface area (Å²) in [6.45, 7) is 7.71. The number of hydrogen-bond donors (Lipinski definition) is 1. The molecular formula is C18H22ClN3O. The zero-order chi connectivity index (χ0) is 16.7. The number of nitrogens with one attached hydrogen (secondary N) is 1. The van der Waals surface area contributed by atoms with Gasteiger partial charge in [0.1, 0.15) is 5.15 Å². The Morgan fingerprint density at radius 3 is 2.43 bits per heavy atom. The lowest BCUT2D eigenvalue weighted by Gasteiger charge is -2.20. The van der Waals surface area contributed by atoms with Crippen molar-refractivity contribution in [3.05, 3.63) is 64.4 Å². The summed E-state index contributed by atoms with van der Waals surface area (Å²) >= 11 is 5.74. The lowest BCUT2D eigenvalue weighted by molar-refractivity contribution is 0.0950. The second-order valence-corrected chi connectivity index (χ2v) is 5.67. The maximum Gasteiger partial charge on any atom is 0.253 e. The van der Waals surface area contributed by atoms with Crippen molar-refractivity contribution in [1.82, 2.24) is 15.2 Å². The SMILES string of the molecule is CCN(CC)Cc1ccccc1CNC(=O)c1ccc(Cl)nc1. The molecule has 0 saturated carbocycles. The molecule has 122 valence electrons. The number of pyridine rings is 1. The molecule has 23 heavy (non-hydrogen) atoms. The molecule has 0 aliphatic heterocycles. The first kappa shape index (κ1) is 17.4. The minimum atomic E-state index is -0.146. The third kappa shape index (κ3) is 5.05. The maximum atomic E-state index is 12.2. The van der Waals surface area contributed by atoms with Gasteiger partial charge in [0.05, 0.1) is 5.56 Å². The highest BCUT2D eigenvalue weighted by atomic mass is 35.5. The zero-order valence-corrected chi connectivity index (χ0v) is 14.3. The standard InChI is InChI=1S/C18H22ClN3O/c1-3-22(4-2)13-16-8-6-5-7-14(16)11-21-18(23)15-9-10-17(19)20-12-15/h5-10,12H,3-4,11,13H2,1-2H3,(H,21,23). The number of benzene rings is 1. The van der Waals surface area contributed by atoms with Crippen LogP contribution in [0.1, 0.15) is 35.3 Å². The molecule has 0 fully saturated rings. The number of halogens is 1. The molecule has 0 atom stereocenters. The smallest absolute Gasteiger partial charge is 0.253 e. The molecule has 5 heteroatoms. The van der Waals surface area contributed by atoms with E-state index >= 15 is 0 Å². The van der Waals surface area contributed by atoms with Crippen LogP contribution < -0.4 is 5.32 Å². The average Bonchev–Trinajstić information content (AvgIpc) is 2.59. The molecule has 1 aromatic heterocycles. The highest BCUT2D eigenvalue weighted by Crippen LogP contribution is 2.12. The van der Waals surface area contributed by atoms with Gasteiger partial charge < -0.3 is 5.32 Å². The summed E-state index contributed by atoms with van der Waals surface area (Å²) in [4.78, 5) is 18.5. The fraction of sp³-hybridized carbons (Fsp3) is 0.333. The second-order valence-electron chi connectivity index (χ2n) is 5.28. The molecule has 0 radical (unpaired) electrons. The number of aromatic nitrogens is 1. The molecule has 2 rings (SSSR count). The van der Waals surface area contributed by atoms with Gasteiger partial charge in [0, 0.05) is 19.3 Å². The van der Waals surface area contributed by atoms with E-state index in [0.717, 1.165) is 25.2 Å². The molecule has 0 spiro atoms. The molecular weight excluding hydrogens is 310 g/mol. The topological polar surface area (TPSA) is 45.2 Å². The Bertz CT molecular complexity index is 639. The third-order valence-corrected chi connectivity index (χ3v) is 4.06. The first-order valence-electron chi connectivity index (χ1n) is 7.83. The minimum Gasteiger partial charge on any atom is -0.348 e. The van der Waals surface area contributed by atoms with Gasteiger partial charge in [-0.25, -0.2) is 4.98 Å². The summed E-state index contributed by atoms with van der Waals surface area (Å²) in [5, 5.41) is 3.32. The van der Waals surface area contributed by atoms with E-state index in [-0.39, 0.29) is 5.91 Å². The Labute approximate surface area is 142 Å². The van der Waals surface area contributed by atoms with E-state index in [1.165, 1.54) is 11.8 Å². The Morgan fingerprint density at radius 2 is 1.83 bits per heavy atom. The Hall–Kier alpha value is -1.91. The zero-order valence-electron chi connectivity index (χ0n) is 13.6. The fourth-order valence-electron chi connectivity index (χ4n) is 2.36. The Morgan fingerprint density at radius 1 is 1.13 bits per heavy atom. The van der Waals surface area contributed by atoms with E-state index in [1.807, 2.05) is 12.1 Å². The normalized spacial score (nSPS) is 10.8. The summed E-state index contributed by atoms with van der Waals surface area (Å²) in [6, 6.07) is 11.5. The van der Waals surface area contributed by atoms with E-state index in [9.17, 15) is 4.79 Å². The molecule has 0 saturated heterocycles. The van der Waals surface area contributed by atoms with Crippen molar-refractivity contribution < 1.29 is 4.79 Å². The minimum absolute atomic E-state index is 0.146. The quantitative estimate of drug-likeness (QED) is 0.790. The van der Waals surface area contributed by atoms with E-state index in [1.54, 1.807) is 12.1 Å². The van der Waals surface area contributed by atoms with Gasteiger partial charge in [0.2, 0.25) is 0 Å².